The molecule has 0 spiro atoms. The van der Waals surface area contributed by atoms with Gasteiger partial charge in [0, 0.05) is 19.7 Å². The summed E-state index contributed by atoms with van der Waals surface area (Å²) in [4.78, 5) is 8.53. The Balaban J connectivity index is 1.91. The van der Waals surface area contributed by atoms with Crippen molar-refractivity contribution in [2.75, 3.05) is 24.7 Å². The second kappa shape index (κ2) is 6.70. The third-order valence-electron chi connectivity index (χ3n) is 3.68. The minimum absolute atomic E-state index is 0.389. The Bertz CT molecular complexity index is 410. The van der Waals surface area contributed by atoms with E-state index in [-0.39, 0.29) is 0 Å². The Hall–Kier alpha value is -1.36. The molecule has 1 aliphatic carbocycles. The summed E-state index contributed by atoms with van der Waals surface area (Å²) >= 11 is 0. The summed E-state index contributed by atoms with van der Waals surface area (Å²) in [7, 11) is 1.63. The molecular formula is C14H24N4O. The lowest BCUT2D eigenvalue weighted by molar-refractivity contribution is 0.178. The average molecular weight is 264 g/mol. The number of hydrogen-bond acceptors (Lipinski definition) is 5. The van der Waals surface area contributed by atoms with Gasteiger partial charge in [-0.2, -0.15) is 0 Å². The number of hydrogen-bond donors (Lipinski definition) is 2. The molecule has 2 atom stereocenters. The second-order valence-corrected chi connectivity index (χ2v) is 5.55. The third-order valence-corrected chi connectivity index (χ3v) is 3.68. The molecule has 1 aromatic rings. The predicted octanol–water partition coefficient (Wildman–Crippen LogP) is 2.44. The first-order valence-electron chi connectivity index (χ1n) is 7.03. The largest absolute Gasteiger partial charge is 0.384 e. The van der Waals surface area contributed by atoms with E-state index in [9.17, 15) is 0 Å². The zero-order valence-electron chi connectivity index (χ0n) is 11.9. The number of nitrogens with zero attached hydrogens (tertiary/aromatic N) is 2. The van der Waals surface area contributed by atoms with Crippen LogP contribution < -0.4 is 11.1 Å². The van der Waals surface area contributed by atoms with E-state index in [0.717, 1.165) is 24.2 Å². The van der Waals surface area contributed by atoms with Gasteiger partial charge in [-0.25, -0.2) is 9.97 Å². The van der Waals surface area contributed by atoms with Crippen molar-refractivity contribution in [2.45, 2.75) is 39.2 Å². The molecule has 0 aromatic carbocycles. The fourth-order valence-electron chi connectivity index (χ4n) is 2.80. The molecule has 2 rings (SSSR count). The normalized spacial score (nSPS) is 23.3. The quantitative estimate of drug-likeness (QED) is 0.854. The minimum atomic E-state index is 0.389. The van der Waals surface area contributed by atoms with Gasteiger partial charge in [-0.3, -0.25) is 0 Å². The van der Waals surface area contributed by atoms with Crippen molar-refractivity contribution >= 4 is 11.6 Å². The van der Waals surface area contributed by atoms with E-state index in [0.29, 0.717) is 18.2 Å². The number of methoxy groups -OCH3 is 1. The highest BCUT2D eigenvalue weighted by atomic mass is 16.5. The van der Waals surface area contributed by atoms with Crippen LogP contribution in [-0.2, 0) is 11.3 Å². The Labute approximate surface area is 115 Å². The van der Waals surface area contributed by atoms with Crippen molar-refractivity contribution in [3.05, 3.63) is 11.9 Å². The summed E-state index contributed by atoms with van der Waals surface area (Å²) in [6.45, 7) is 3.69. The Morgan fingerprint density at radius 1 is 1.42 bits per heavy atom. The Kier molecular flexibility index (Phi) is 4.96. The summed E-state index contributed by atoms with van der Waals surface area (Å²) in [5.41, 5.74) is 5.77. The van der Waals surface area contributed by atoms with Gasteiger partial charge in [0.1, 0.15) is 18.2 Å². The number of anilines is 2. The van der Waals surface area contributed by atoms with Crippen molar-refractivity contribution in [1.29, 1.82) is 0 Å². The minimum Gasteiger partial charge on any atom is -0.384 e. The van der Waals surface area contributed by atoms with Crippen molar-refractivity contribution < 1.29 is 4.74 Å². The molecule has 19 heavy (non-hydrogen) atoms. The smallest absolute Gasteiger partial charge is 0.158 e. The van der Waals surface area contributed by atoms with Gasteiger partial charge in [-0.1, -0.05) is 19.8 Å². The SMILES string of the molecule is COCc1nc(N)cc(NCC2CCCC(C)C2)n1. The number of ether oxygens (including phenoxy) is 1. The number of nitrogens with two attached hydrogens (primary N) is 1. The van der Waals surface area contributed by atoms with Crippen LogP contribution in [0.3, 0.4) is 0 Å². The highest BCUT2D eigenvalue weighted by molar-refractivity contribution is 5.44. The van der Waals surface area contributed by atoms with Crippen LogP contribution in [0, 0.1) is 11.8 Å². The van der Waals surface area contributed by atoms with Crippen LogP contribution in [0.5, 0.6) is 0 Å². The van der Waals surface area contributed by atoms with Crippen LogP contribution in [0.1, 0.15) is 38.4 Å². The van der Waals surface area contributed by atoms with Crippen LogP contribution >= 0.6 is 0 Å². The lowest BCUT2D eigenvalue weighted by Crippen LogP contribution is -2.21. The lowest BCUT2D eigenvalue weighted by Gasteiger charge is -2.27. The average Bonchev–Trinajstić information content (AvgIpc) is 2.36. The standard InChI is InChI=1S/C14H24N4O/c1-10-4-3-5-11(6-10)8-16-13-7-12(15)17-14(18-13)9-19-2/h7,10-11H,3-6,8-9H2,1-2H3,(H3,15,16,17,18). The van der Waals surface area contributed by atoms with Crippen molar-refractivity contribution in [3.8, 4) is 0 Å². The van der Waals surface area contributed by atoms with Crippen molar-refractivity contribution in [2.24, 2.45) is 11.8 Å². The van der Waals surface area contributed by atoms with Crippen LogP contribution in [0.4, 0.5) is 11.6 Å². The van der Waals surface area contributed by atoms with Gasteiger partial charge in [-0.15, -0.1) is 0 Å². The van der Waals surface area contributed by atoms with Gasteiger partial charge in [0.05, 0.1) is 0 Å². The molecule has 1 aliphatic rings. The number of rotatable bonds is 5. The zero-order valence-corrected chi connectivity index (χ0v) is 11.9. The van der Waals surface area contributed by atoms with E-state index in [2.05, 4.69) is 22.2 Å². The number of aromatic nitrogens is 2. The highest BCUT2D eigenvalue weighted by Gasteiger charge is 2.18. The molecule has 3 N–H and O–H groups in total. The molecule has 0 amide bonds. The van der Waals surface area contributed by atoms with Gasteiger partial charge in [0.15, 0.2) is 5.82 Å². The Morgan fingerprint density at radius 3 is 3.00 bits per heavy atom. The fourth-order valence-corrected chi connectivity index (χ4v) is 2.80. The summed E-state index contributed by atoms with van der Waals surface area (Å²) in [5, 5.41) is 3.39. The van der Waals surface area contributed by atoms with Gasteiger partial charge >= 0.3 is 0 Å². The van der Waals surface area contributed by atoms with E-state index in [4.69, 9.17) is 10.5 Å². The van der Waals surface area contributed by atoms with Crippen LogP contribution in [-0.4, -0.2) is 23.6 Å². The van der Waals surface area contributed by atoms with Crippen molar-refractivity contribution in [1.82, 2.24) is 9.97 Å². The molecular weight excluding hydrogens is 240 g/mol. The molecule has 1 fully saturated rings. The van der Waals surface area contributed by atoms with Gasteiger partial charge < -0.3 is 15.8 Å². The lowest BCUT2D eigenvalue weighted by atomic mass is 9.82. The molecule has 5 heteroatoms. The Morgan fingerprint density at radius 2 is 2.26 bits per heavy atom. The van der Waals surface area contributed by atoms with E-state index < -0.39 is 0 Å². The molecule has 0 bridgehead atoms. The topological polar surface area (TPSA) is 73.1 Å². The van der Waals surface area contributed by atoms with Gasteiger partial charge in [0.25, 0.3) is 0 Å². The molecule has 0 saturated heterocycles. The maximum Gasteiger partial charge on any atom is 0.158 e. The van der Waals surface area contributed by atoms with E-state index in [1.54, 1.807) is 13.2 Å². The highest BCUT2D eigenvalue weighted by Crippen LogP contribution is 2.28. The van der Waals surface area contributed by atoms with E-state index in [1.807, 2.05) is 0 Å². The zero-order chi connectivity index (χ0) is 13.7. The summed E-state index contributed by atoms with van der Waals surface area (Å²) in [6, 6.07) is 1.78. The summed E-state index contributed by atoms with van der Waals surface area (Å²) in [5.74, 6) is 3.51. The maximum absolute atomic E-state index is 5.77. The monoisotopic (exact) mass is 264 g/mol. The molecule has 1 aromatic heterocycles. The van der Waals surface area contributed by atoms with E-state index >= 15 is 0 Å². The first kappa shape index (κ1) is 14.1. The molecule has 2 unspecified atom stereocenters. The molecule has 106 valence electrons. The van der Waals surface area contributed by atoms with Gasteiger partial charge in [0.2, 0.25) is 0 Å². The molecule has 0 radical (unpaired) electrons. The first-order valence-corrected chi connectivity index (χ1v) is 7.03. The molecule has 0 aliphatic heterocycles. The predicted molar refractivity (Wildman–Crippen MR) is 76.8 cm³/mol. The summed E-state index contributed by atoms with van der Waals surface area (Å²) < 4.78 is 5.04. The number of nitrogens with one attached hydrogen (secondary N) is 1. The van der Waals surface area contributed by atoms with Crippen LogP contribution in [0.2, 0.25) is 0 Å². The van der Waals surface area contributed by atoms with Crippen LogP contribution in [0.25, 0.3) is 0 Å². The maximum atomic E-state index is 5.77. The molecule has 1 saturated carbocycles. The fraction of sp³-hybridized carbons (Fsp3) is 0.714. The summed E-state index contributed by atoms with van der Waals surface area (Å²) in [6.07, 6.45) is 5.32. The molecule has 5 nitrogen and oxygen atoms in total. The van der Waals surface area contributed by atoms with Crippen molar-refractivity contribution in [3.63, 3.8) is 0 Å². The number of nitrogen functional groups attached to an aromatic ring is 1. The molecule has 1 heterocycles. The van der Waals surface area contributed by atoms with Gasteiger partial charge in [-0.05, 0) is 24.7 Å². The van der Waals surface area contributed by atoms with E-state index in [1.165, 1.54) is 25.7 Å². The first-order chi connectivity index (χ1) is 9.17. The van der Waals surface area contributed by atoms with Crippen LogP contribution in [0.15, 0.2) is 6.07 Å². The second-order valence-electron chi connectivity index (χ2n) is 5.55. The third kappa shape index (κ3) is 4.35.